The fourth-order valence-corrected chi connectivity index (χ4v) is 12.9. The van der Waals surface area contributed by atoms with Gasteiger partial charge in [-0.1, -0.05) is 134 Å². The van der Waals surface area contributed by atoms with E-state index in [0.717, 1.165) is 11.2 Å². The van der Waals surface area contributed by atoms with Gasteiger partial charge in [0.2, 0.25) is 0 Å². The number of furan rings is 1. The van der Waals surface area contributed by atoms with E-state index in [1.807, 2.05) is 0 Å². The van der Waals surface area contributed by atoms with E-state index in [4.69, 9.17) is 4.42 Å². The minimum absolute atomic E-state index is 0.0481. The van der Waals surface area contributed by atoms with Crippen molar-refractivity contribution >= 4 is 68.4 Å². The topological polar surface area (TPSA) is 19.6 Å². The number of para-hydroxylation sites is 1. The van der Waals surface area contributed by atoms with E-state index in [1.165, 1.54) is 128 Å². The standard InChI is InChI=1S/C60H71BN2O/c1-54(2,3)36-30-48-51-49(31-36)63(38-21-23-41-43(33-38)58(10,11)27-25-56(41,6)7)52-39-18-16-17-19-50(39)64-53(52)61(51)46-34-44-45(60(14,15)29-28-59(44,12)13)35-47(46)62(48)37-20-22-40-42(32-37)57(8,9)26-24-55(40,4)5/h16-23,30-35H,24-29H2,1-15H3. The van der Waals surface area contributed by atoms with Crippen molar-refractivity contribution < 1.29 is 4.42 Å². The van der Waals surface area contributed by atoms with Gasteiger partial charge < -0.3 is 14.2 Å². The summed E-state index contributed by atoms with van der Waals surface area (Å²) in [4.78, 5) is 5.32. The number of nitrogens with zero attached hydrogens (tertiary/aromatic N) is 2. The van der Waals surface area contributed by atoms with Gasteiger partial charge in [0.25, 0.3) is 6.71 Å². The van der Waals surface area contributed by atoms with Gasteiger partial charge in [-0.3, -0.25) is 0 Å². The van der Waals surface area contributed by atoms with Gasteiger partial charge in [0, 0.05) is 33.8 Å². The van der Waals surface area contributed by atoms with Gasteiger partial charge in [-0.15, -0.1) is 0 Å². The molecule has 6 aromatic rings. The Hall–Kier alpha value is -4.70. The largest absolute Gasteiger partial charge is 0.468 e. The fraction of sp³-hybridized carbons (Fsp3) is 0.467. The molecule has 0 radical (unpaired) electrons. The summed E-state index contributed by atoms with van der Waals surface area (Å²) in [6, 6.07) is 34.2. The highest BCUT2D eigenvalue weighted by atomic mass is 16.3. The zero-order chi connectivity index (χ0) is 45.5. The summed E-state index contributed by atoms with van der Waals surface area (Å²) in [7, 11) is 0. The average Bonchev–Trinajstić information content (AvgIpc) is 3.61. The molecule has 3 aliphatic carbocycles. The zero-order valence-corrected chi connectivity index (χ0v) is 41.7. The second-order valence-corrected chi connectivity index (χ2v) is 25.8. The van der Waals surface area contributed by atoms with Crippen LogP contribution in [0.1, 0.15) is 181 Å². The summed E-state index contributed by atoms with van der Waals surface area (Å²) in [6.45, 7) is 36.6. The van der Waals surface area contributed by atoms with E-state index in [9.17, 15) is 0 Å². The third kappa shape index (κ3) is 5.91. The van der Waals surface area contributed by atoms with Crippen LogP contribution in [0.3, 0.4) is 0 Å². The van der Waals surface area contributed by atoms with E-state index >= 15 is 0 Å². The molecule has 0 amide bonds. The molecule has 0 atom stereocenters. The van der Waals surface area contributed by atoms with Crippen LogP contribution in [0.4, 0.5) is 34.1 Å². The Labute approximate surface area is 385 Å². The van der Waals surface area contributed by atoms with Gasteiger partial charge in [-0.2, -0.15) is 0 Å². The van der Waals surface area contributed by atoms with E-state index in [1.54, 1.807) is 0 Å². The van der Waals surface area contributed by atoms with Crippen molar-refractivity contribution in [2.24, 2.45) is 0 Å². The first-order valence-corrected chi connectivity index (χ1v) is 24.6. The van der Waals surface area contributed by atoms with Crippen molar-refractivity contribution in [2.75, 3.05) is 9.80 Å². The first-order valence-electron chi connectivity index (χ1n) is 24.6. The second-order valence-electron chi connectivity index (χ2n) is 25.8. The molecule has 4 heteroatoms. The molecule has 330 valence electrons. The van der Waals surface area contributed by atoms with Crippen molar-refractivity contribution in [3.63, 3.8) is 0 Å². The van der Waals surface area contributed by atoms with Crippen molar-refractivity contribution in [1.82, 2.24) is 0 Å². The third-order valence-electron chi connectivity index (χ3n) is 17.6. The molecule has 2 aliphatic heterocycles. The maximum Gasteiger partial charge on any atom is 0.297 e. The number of fused-ring (bicyclic) bond motifs is 9. The lowest BCUT2D eigenvalue weighted by Gasteiger charge is -2.47. The number of anilines is 6. The van der Waals surface area contributed by atoms with Gasteiger partial charge in [0.1, 0.15) is 5.58 Å². The maximum atomic E-state index is 7.37. The summed E-state index contributed by atoms with van der Waals surface area (Å²) in [5, 5.41) is 1.17. The number of hydrogen-bond donors (Lipinski definition) is 0. The monoisotopic (exact) mass is 847 g/mol. The van der Waals surface area contributed by atoms with Crippen LogP contribution in [0, 0.1) is 0 Å². The molecule has 0 N–H and O–H groups in total. The molecular formula is C60H71BN2O. The van der Waals surface area contributed by atoms with Crippen LogP contribution in [0.2, 0.25) is 0 Å². The molecule has 11 rings (SSSR count). The van der Waals surface area contributed by atoms with Crippen LogP contribution in [0.25, 0.3) is 11.0 Å². The van der Waals surface area contributed by atoms with Crippen LogP contribution in [0.15, 0.2) is 89.3 Å². The molecule has 0 spiro atoms. The lowest BCUT2D eigenvalue weighted by molar-refractivity contribution is 0.332. The summed E-state index contributed by atoms with van der Waals surface area (Å²) in [6.07, 6.45) is 7.08. The number of rotatable bonds is 2. The van der Waals surface area contributed by atoms with E-state index in [-0.39, 0.29) is 44.6 Å². The summed E-state index contributed by atoms with van der Waals surface area (Å²) >= 11 is 0. The minimum Gasteiger partial charge on any atom is -0.468 e. The van der Waals surface area contributed by atoms with Crippen molar-refractivity contribution in [2.45, 2.75) is 180 Å². The number of benzene rings is 5. The Bertz CT molecular complexity index is 2960. The second kappa shape index (κ2) is 13.0. The molecule has 1 aromatic heterocycles. The predicted molar refractivity (Wildman–Crippen MR) is 275 cm³/mol. The first kappa shape index (κ1) is 42.0. The smallest absolute Gasteiger partial charge is 0.297 e. The molecule has 5 aliphatic rings. The van der Waals surface area contributed by atoms with Crippen molar-refractivity contribution in [3.8, 4) is 0 Å². The molecule has 0 saturated heterocycles. The lowest BCUT2D eigenvalue weighted by atomic mass is 9.35. The zero-order valence-electron chi connectivity index (χ0n) is 41.7. The van der Waals surface area contributed by atoms with Crippen LogP contribution < -0.4 is 26.4 Å². The van der Waals surface area contributed by atoms with Crippen molar-refractivity contribution in [3.05, 3.63) is 124 Å². The van der Waals surface area contributed by atoms with Crippen LogP contribution in [0.5, 0.6) is 0 Å². The van der Waals surface area contributed by atoms with Gasteiger partial charge >= 0.3 is 0 Å². The summed E-state index contributed by atoms with van der Waals surface area (Å²) < 4.78 is 7.37. The SMILES string of the molecule is CC(C)(C)c1cc2c3c(c1)N(c1ccc4c(c1)C(C)(C)CCC4(C)C)c1c(oc4ccccc14)B3c1cc3c(cc1N2c1ccc2c(c1)C(C)(C)CCC2(C)C)C(C)(C)CCC3(C)C. The quantitative estimate of drug-likeness (QED) is 0.162. The normalized spacial score (nSPS) is 21.3. The highest BCUT2D eigenvalue weighted by Crippen LogP contribution is 2.55. The fourth-order valence-electron chi connectivity index (χ4n) is 12.9. The van der Waals surface area contributed by atoms with Gasteiger partial charge in [-0.05, 0) is 181 Å². The lowest BCUT2D eigenvalue weighted by Crippen LogP contribution is -2.61. The van der Waals surface area contributed by atoms with Gasteiger partial charge in [0.05, 0.1) is 11.3 Å². The Balaban J connectivity index is 1.28. The van der Waals surface area contributed by atoms with Crippen molar-refractivity contribution in [1.29, 1.82) is 0 Å². The molecule has 0 fully saturated rings. The third-order valence-corrected chi connectivity index (χ3v) is 17.6. The molecule has 0 unspecified atom stereocenters. The highest BCUT2D eigenvalue weighted by Gasteiger charge is 2.50. The minimum atomic E-state index is -0.108. The maximum absolute atomic E-state index is 7.37. The van der Waals surface area contributed by atoms with E-state index < -0.39 is 0 Å². The van der Waals surface area contributed by atoms with Crippen LogP contribution in [-0.4, -0.2) is 6.71 Å². The van der Waals surface area contributed by atoms with Gasteiger partial charge in [0.15, 0.2) is 0 Å². The molecule has 3 heterocycles. The highest BCUT2D eigenvalue weighted by molar-refractivity contribution is 7.00. The summed E-state index contributed by atoms with van der Waals surface area (Å²) in [5.74, 6) is 0. The Kier molecular flexibility index (Phi) is 8.53. The Morgan fingerprint density at radius 1 is 0.469 bits per heavy atom. The summed E-state index contributed by atoms with van der Waals surface area (Å²) in [5.41, 5.74) is 22.9. The molecule has 64 heavy (non-hydrogen) atoms. The molecule has 0 saturated carbocycles. The molecule has 5 aromatic carbocycles. The Morgan fingerprint density at radius 3 is 1.42 bits per heavy atom. The van der Waals surface area contributed by atoms with E-state index in [2.05, 4.69) is 199 Å². The molecule has 0 bridgehead atoms. The van der Waals surface area contributed by atoms with Gasteiger partial charge in [-0.25, -0.2) is 0 Å². The molecule has 3 nitrogen and oxygen atoms in total. The number of hydrogen-bond acceptors (Lipinski definition) is 3. The average molecular weight is 847 g/mol. The van der Waals surface area contributed by atoms with Crippen LogP contribution >= 0.6 is 0 Å². The molecular weight excluding hydrogens is 775 g/mol. The first-order chi connectivity index (χ1) is 29.8. The van der Waals surface area contributed by atoms with E-state index in [0.29, 0.717) is 0 Å². The Morgan fingerprint density at radius 2 is 0.906 bits per heavy atom. The van der Waals surface area contributed by atoms with Crippen LogP contribution in [-0.2, 0) is 37.9 Å². The predicted octanol–water partition coefficient (Wildman–Crippen LogP) is 14.9.